The van der Waals surface area contributed by atoms with Crippen LogP contribution in [0.25, 0.3) is 0 Å². The van der Waals surface area contributed by atoms with Gasteiger partial charge in [0.05, 0.1) is 0 Å². The molecule has 1 rings (SSSR count). The highest BCUT2D eigenvalue weighted by Gasteiger charge is 2.27. The Balaban J connectivity index is 2.19. The normalized spacial score (nSPS) is 18.4. The molecule has 58 valence electrons. The van der Waals surface area contributed by atoms with Crippen LogP contribution in [0, 0.1) is 5.92 Å². The first-order valence-corrected chi connectivity index (χ1v) is 3.74. The molecule has 1 N–H and O–H groups in total. The van der Waals surface area contributed by atoms with Gasteiger partial charge in [-0.2, -0.15) is 0 Å². The Bertz CT molecular complexity index is 130. The van der Waals surface area contributed by atoms with Crippen LogP contribution in [-0.2, 0) is 0 Å². The monoisotopic (exact) mass is 142 g/mol. The summed E-state index contributed by atoms with van der Waals surface area (Å²) in [5, 5.41) is 2.60. The van der Waals surface area contributed by atoms with E-state index in [0.29, 0.717) is 0 Å². The smallest absolute Gasteiger partial charge is 0.317 e. The maximum absolute atomic E-state index is 10.9. The highest BCUT2D eigenvalue weighted by Crippen LogP contribution is 2.17. The predicted octanol–water partition coefficient (Wildman–Crippen LogP) is 0.668. The van der Waals surface area contributed by atoms with Crippen molar-refractivity contribution in [2.75, 3.05) is 20.1 Å². The van der Waals surface area contributed by atoms with Crippen LogP contribution in [0.3, 0.4) is 0 Å². The summed E-state index contributed by atoms with van der Waals surface area (Å²) in [5.41, 5.74) is 0. The lowest BCUT2D eigenvalue weighted by molar-refractivity contribution is 0.120. The molecule has 0 aromatic heterocycles. The number of nitrogens with zero attached hydrogens (tertiary/aromatic N) is 1. The molecular weight excluding hydrogens is 128 g/mol. The number of likely N-dealkylation sites (tertiary alicyclic amines) is 1. The van der Waals surface area contributed by atoms with Crippen molar-refractivity contribution in [3.05, 3.63) is 0 Å². The number of amides is 2. The third kappa shape index (κ3) is 1.23. The summed E-state index contributed by atoms with van der Waals surface area (Å²) in [6.45, 7) is 4.04. The van der Waals surface area contributed by atoms with E-state index in [1.165, 1.54) is 6.42 Å². The fourth-order valence-electron chi connectivity index (χ4n) is 1.15. The maximum Gasteiger partial charge on any atom is 0.317 e. The minimum absolute atomic E-state index is 0.0599. The van der Waals surface area contributed by atoms with E-state index in [1.807, 2.05) is 4.90 Å². The van der Waals surface area contributed by atoms with Crippen LogP contribution in [0.5, 0.6) is 0 Å². The lowest BCUT2D eigenvalue weighted by Gasteiger charge is -2.38. The first-order chi connectivity index (χ1) is 4.77. The highest BCUT2D eigenvalue weighted by molar-refractivity contribution is 5.74. The van der Waals surface area contributed by atoms with Crippen LogP contribution in [-0.4, -0.2) is 31.1 Å². The van der Waals surface area contributed by atoms with E-state index < -0.39 is 0 Å². The molecule has 0 atom stereocenters. The third-order valence-corrected chi connectivity index (χ3v) is 2.04. The van der Waals surface area contributed by atoms with E-state index >= 15 is 0 Å². The minimum Gasteiger partial charge on any atom is -0.341 e. The lowest BCUT2D eigenvalue weighted by Crippen LogP contribution is -2.52. The van der Waals surface area contributed by atoms with Crippen molar-refractivity contribution >= 4 is 6.03 Å². The van der Waals surface area contributed by atoms with Gasteiger partial charge in [0.25, 0.3) is 0 Å². The largest absolute Gasteiger partial charge is 0.341 e. The van der Waals surface area contributed by atoms with Gasteiger partial charge in [-0.05, 0) is 12.3 Å². The molecule has 1 saturated heterocycles. The Morgan fingerprint density at radius 3 is 2.70 bits per heavy atom. The first-order valence-electron chi connectivity index (χ1n) is 3.74. The van der Waals surface area contributed by atoms with Gasteiger partial charge in [-0.3, -0.25) is 0 Å². The summed E-state index contributed by atoms with van der Waals surface area (Å²) in [4.78, 5) is 12.7. The van der Waals surface area contributed by atoms with Gasteiger partial charge in [-0.25, -0.2) is 4.79 Å². The van der Waals surface area contributed by atoms with Crippen molar-refractivity contribution in [2.24, 2.45) is 5.92 Å². The van der Waals surface area contributed by atoms with Crippen LogP contribution >= 0.6 is 0 Å². The van der Waals surface area contributed by atoms with E-state index in [2.05, 4.69) is 12.2 Å². The zero-order valence-electron chi connectivity index (χ0n) is 6.55. The van der Waals surface area contributed by atoms with Gasteiger partial charge in [0.2, 0.25) is 0 Å². The Hall–Kier alpha value is -0.730. The molecule has 0 saturated carbocycles. The summed E-state index contributed by atoms with van der Waals surface area (Å²) in [6, 6.07) is 0.0599. The number of nitrogens with one attached hydrogen (secondary N) is 1. The zero-order valence-corrected chi connectivity index (χ0v) is 6.55. The number of hydrogen-bond donors (Lipinski definition) is 1. The molecule has 1 aliphatic heterocycles. The van der Waals surface area contributed by atoms with Crippen LogP contribution in [0.15, 0.2) is 0 Å². The lowest BCUT2D eigenvalue weighted by atomic mass is 9.98. The zero-order chi connectivity index (χ0) is 7.56. The molecule has 3 nitrogen and oxygen atoms in total. The number of carbonyl (C=O) groups excluding carboxylic acids is 1. The Kier molecular flexibility index (Phi) is 2.14. The molecule has 10 heavy (non-hydrogen) atoms. The molecule has 0 aromatic rings. The van der Waals surface area contributed by atoms with Crippen LogP contribution in [0.4, 0.5) is 4.79 Å². The van der Waals surface area contributed by atoms with E-state index in [1.54, 1.807) is 7.05 Å². The number of hydrogen-bond acceptors (Lipinski definition) is 1. The van der Waals surface area contributed by atoms with Crippen molar-refractivity contribution in [1.82, 2.24) is 10.2 Å². The van der Waals surface area contributed by atoms with E-state index in [0.717, 1.165) is 19.0 Å². The summed E-state index contributed by atoms with van der Waals surface area (Å²) in [5.74, 6) is 0.747. The average molecular weight is 142 g/mol. The third-order valence-electron chi connectivity index (χ3n) is 2.04. The molecule has 0 bridgehead atoms. The molecule has 0 unspecified atom stereocenters. The molecule has 0 aromatic carbocycles. The highest BCUT2D eigenvalue weighted by atomic mass is 16.2. The van der Waals surface area contributed by atoms with Gasteiger partial charge >= 0.3 is 6.03 Å². The average Bonchev–Trinajstić information content (AvgIpc) is 1.85. The predicted molar refractivity (Wildman–Crippen MR) is 39.8 cm³/mol. The van der Waals surface area contributed by atoms with Crippen LogP contribution in [0.1, 0.15) is 13.3 Å². The molecule has 2 amide bonds. The topological polar surface area (TPSA) is 32.3 Å². The van der Waals surface area contributed by atoms with Gasteiger partial charge in [0.1, 0.15) is 0 Å². The minimum atomic E-state index is 0.0599. The molecule has 0 aliphatic carbocycles. The van der Waals surface area contributed by atoms with E-state index in [4.69, 9.17) is 0 Å². The second-order valence-electron chi connectivity index (χ2n) is 2.73. The van der Waals surface area contributed by atoms with Gasteiger partial charge in [-0.1, -0.05) is 6.92 Å². The number of urea groups is 1. The summed E-state index contributed by atoms with van der Waals surface area (Å²) >= 11 is 0. The number of carbonyl (C=O) groups is 1. The van der Waals surface area contributed by atoms with Crippen molar-refractivity contribution in [2.45, 2.75) is 13.3 Å². The van der Waals surface area contributed by atoms with Crippen LogP contribution in [0.2, 0.25) is 0 Å². The second kappa shape index (κ2) is 2.90. The fourth-order valence-corrected chi connectivity index (χ4v) is 1.15. The Labute approximate surface area is 61.4 Å². The molecule has 0 spiro atoms. The van der Waals surface area contributed by atoms with Crippen molar-refractivity contribution in [3.8, 4) is 0 Å². The fraction of sp³-hybridized carbons (Fsp3) is 0.857. The maximum atomic E-state index is 10.9. The van der Waals surface area contributed by atoms with Crippen molar-refractivity contribution < 1.29 is 4.79 Å². The van der Waals surface area contributed by atoms with Gasteiger partial charge in [-0.15, -0.1) is 0 Å². The molecule has 3 heteroatoms. The summed E-state index contributed by atoms with van der Waals surface area (Å²) < 4.78 is 0. The Morgan fingerprint density at radius 1 is 1.70 bits per heavy atom. The van der Waals surface area contributed by atoms with Crippen molar-refractivity contribution in [1.29, 1.82) is 0 Å². The van der Waals surface area contributed by atoms with Gasteiger partial charge in [0.15, 0.2) is 0 Å². The summed E-state index contributed by atoms with van der Waals surface area (Å²) in [6.07, 6.45) is 1.19. The van der Waals surface area contributed by atoms with E-state index in [9.17, 15) is 4.79 Å². The quantitative estimate of drug-likeness (QED) is 0.573. The molecule has 0 radical (unpaired) electrons. The molecule has 1 heterocycles. The summed E-state index contributed by atoms with van der Waals surface area (Å²) in [7, 11) is 1.67. The van der Waals surface area contributed by atoms with E-state index in [-0.39, 0.29) is 6.03 Å². The van der Waals surface area contributed by atoms with Gasteiger partial charge in [0, 0.05) is 20.1 Å². The second-order valence-corrected chi connectivity index (χ2v) is 2.73. The van der Waals surface area contributed by atoms with Gasteiger partial charge < -0.3 is 10.2 Å². The van der Waals surface area contributed by atoms with Crippen molar-refractivity contribution in [3.63, 3.8) is 0 Å². The Morgan fingerprint density at radius 2 is 2.30 bits per heavy atom. The van der Waals surface area contributed by atoms with Crippen LogP contribution < -0.4 is 5.32 Å². The molecule has 1 aliphatic rings. The SMILES string of the molecule is CCC1CN(C(=O)NC)C1. The number of rotatable bonds is 1. The molecular formula is C7H14N2O. The first kappa shape index (κ1) is 7.38. The standard InChI is InChI=1S/C7H14N2O/c1-3-6-4-9(5-6)7(10)8-2/h6H,3-5H2,1-2H3,(H,8,10). The molecule has 1 fully saturated rings.